The number of nitrogens with zero attached hydrogens (tertiary/aromatic N) is 2. The molecule has 0 bridgehead atoms. The standard InChI is InChI=1S/C15H17BN2O2/c1-14(2)15(3,4)20-16(19-14)12-8-13-7-11(9-17)5-6-18(13)10-12/h5-8,10H,1-4H3. The molecule has 3 rings (SSSR count). The number of pyridine rings is 1. The maximum Gasteiger partial charge on any atom is 0.496 e. The molecular formula is C15H17BN2O2. The van der Waals surface area contributed by atoms with Crippen LogP contribution in [0.3, 0.4) is 0 Å². The van der Waals surface area contributed by atoms with Crippen molar-refractivity contribution in [1.82, 2.24) is 4.40 Å². The van der Waals surface area contributed by atoms with E-state index in [4.69, 9.17) is 14.6 Å². The van der Waals surface area contributed by atoms with Gasteiger partial charge in [0.2, 0.25) is 0 Å². The molecule has 0 amide bonds. The van der Waals surface area contributed by atoms with Crippen molar-refractivity contribution in [2.75, 3.05) is 0 Å². The van der Waals surface area contributed by atoms with Crippen molar-refractivity contribution in [3.63, 3.8) is 0 Å². The largest absolute Gasteiger partial charge is 0.496 e. The van der Waals surface area contributed by atoms with Crippen molar-refractivity contribution >= 4 is 18.1 Å². The van der Waals surface area contributed by atoms with Crippen LogP contribution in [0.2, 0.25) is 0 Å². The highest BCUT2D eigenvalue weighted by Gasteiger charge is 2.51. The van der Waals surface area contributed by atoms with Crippen molar-refractivity contribution in [3.05, 3.63) is 36.2 Å². The molecule has 0 atom stereocenters. The Bertz CT molecular complexity index is 696. The zero-order valence-electron chi connectivity index (χ0n) is 12.2. The second-order valence-electron chi connectivity index (χ2n) is 6.22. The number of nitriles is 1. The molecule has 3 heterocycles. The second-order valence-corrected chi connectivity index (χ2v) is 6.22. The van der Waals surface area contributed by atoms with E-state index in [1.54, 1.807) is 6.07 Å². The van der Waals surface area contributed by atoms with Crippen LogP contribution in [-0.2, 0) is 9.31 Å². The quantitative estimate of drug-likeness (QED) is 0.744. The Hall–Kier alpha value is -1.77. The lowest BCUT2D eigenvalue weighted by atomic mass is 9.81. The molecule has 1 saturated heterocycles. The zero-order chi connectivity index (χ0) is 14.5. The molecule has 1 aliphatic heterocycles. The molecule has 0 spiro atoms. The molecule has 5 heteroatoms. The highest BCUT2D eigenvalue weighted by atomic mass is 16.7. The van der Waals surface area contributed by atoms with Crippen LogP contribution >= 0.6 is 0 Å². The third-order valence-corrected chi connectivity index (χ3v) is 4.27. The monoisotopic (exact) mass is 268 g/mol. The van der Waals surface area contributed by atoms with Gasteiger partial charge < -0.3 is 13.7 Å². The molecule has 0 N–H and O–H groups in total. The highest BCUT2D eigenvalue weighted by molar-refractivity contribution is 6.62. The Morgan fingerprint density at radius 2 is 1.80 bits per heavy atom. The summed E-state index contributed by atoms with van der Waals surface area (Å²) in [5.41, 5.74) is 1.90. The van der Waals surface area contributed by atoms with Gasteiger partial charge in [0.25, 0.3) is 0 Å². The lowest BCUT2D eigenvalue weighted by Crippen LogP contribution is -2.41. The van der Waals surface area contributed by atoms with Gasteiger partial charge in [0.1, 0.15) is 0 Å². The molecule has 0 saturated carbocycles. The van der Waals surface area contributed by atoms with Crippen LogP contribution in [0.4, 0.5) is 0 Å². The zero-order valence-corrected chi connectivity index (χ0v) is 12.2. The number of rotatable bonds is 1. The highest BCUT2D eigenvalue weighted by Crippen LogP contribution is 2.36. The van der Waals surface area contributed by atoms with E-state index in [9.17, 15) is 0 Å². The first-order valence-corrected chi connectivity index (χ1v) is 6.70. The fourth-order valence-corrected chi connectivity index (χ4v) is 2.31. The molecule has 1 fully saturated rings. The molecule has 0 radical (unpaired) electrons. The van der Waals surface area contributed by atoms with Crippen molar-refractivity contribution in [2.24, 2.45) is 0 Å². The first kappa shape index (κ1) is 13.2. The molecule has 2 aromatic heterocycles. The Labute approximate surface area is 119 Å². The van der Waals surface area contributed by atoms with Crippen LogP contribution in [0.25, 0.3) is 5.52 Å². The third kappa shape index (κ3) is 1.93. The van der Waals surface area contributed by atoms with Crippen LogP contribution in [0, 0.1) is 11.3 Å². The van der Waals surface area contributed by atoms with E-state index in [-0.39, 0.29) is 18.3 Å². The van der Waals surface area contributed by atoms with Gasteiger partial charge in [-0.3, -0.25) is 0 Å². The van der Waals surface area contributed by atoms with E-state index >= 15 is 0 Å². The smallest absolute Gasteiger partial charge is 0.399 e. The van der Waals surface area contributed by atoms with Crippen molar-refractivity contribution in [3.8, 4) is 6.07 Å². The number of fused-ring (bicyclic) bond motifs is 1. The van der Waals surface area contributed by atoms with Crippen LogP contribution in [0.5, 0.6) is 0 Å². The summed E-state index contributed by atoms with van der Waals surface area (Å²) in [5.74, 6) is 0. The fourth-order valence-electron chi connectivity index (χ4n) is 2.31. The van der Waals surface area contributed by atoms with E-state index in [0.29, 0.717) is 5.56 Å². The molecule has 1 aliphatic rings. The molecule has 20 heavy (non-hydrogen) atoms. The van der Waals surface area contributed by atoms with E-state index in [2.05, 4.69) is 6.07 Å². The summed E-state index contributed by atoms with van der Waals surface area (Å²) in [6.45, 7) is 8.15. The number of aromatic nitrogens is 1. The van der Waals surface area contributed by atoms with Gasteiger partial charge in [0.15, 0.2) is 0 Å². The van der Waals surface area contributed by atoms with Gasteiger partial charge in [-0.2, -0.15) is 5.26 Å². The summed E-state index contributed by atoms with van der Waals surface area (Å²) >= 11 is 0. The number of hydrogen-bond donors (Lipinski definition) is 0. The van der Waals surface area contributed by atoms with Crippen LogP contribution in [0.1, 0.15) is 33.3 Å². The fraction of sp³-hybridized carbons (Fsp3) is 0.400. The van der Waals surface area contributed by atoms with Crippen molar-refractivity contribution < 1.29 is 9.31 Å². The van der Waals surface area contributed by atoms with E-state index in [1.807, 2.05) is 56.6 Å². The summed E-state index contributed by atoms with van der Waals surface area (Å²) in [4.78, 5) is 0. The average Bonchev–Trinajstić information content (AvgIpc) is 2.87. The van der Waals surface area contributed by atoms with Gasteiger partial charge in [-0.25, -0.2) is 0 Å². The maximum absolute atomic E-state index is 8.94. The first-order chi connectivity index (χ1) is 9.32. The Kier molecular flexibility index (Phi) is 2.72. The van der Waals surface area contributed by atoms with Crippen LogP contribution < -0.4 is 5.46 Å². The predicted molar refractivity (Wildman–Crippen MR) is 77.8 cm³/mol. The predicted octanol–water partition coefficient (Wildman–Crippen LogP) is 2.11. The molecule has 4 nitrogen and oxygen atoms in total. The molecule has 2 aromatic rings. The van der Waals surface area contributed by atoms with Gasteiger partial charge >= 0.3 is 7.12 Å². The maximum atomic E-state index is 8.94. The summed E-state index contributed by atoms with van der Waals surface area (Å²) in [6, 6.07) is 7.80. The van der Waals surface area contributed by atoms with Crippen molar-refractivity contribution in [2.45, 2.75) is 38.9 Å². The first-order valence-electron chi connectivity index (χ1n) is 6.70. The van der Waals surface area contributed by atoms with E-state index < -0.39 is 0 Å². The molecular weight excluding hydrogens is 251 g/mol. The molecule has 102 valence electrons. The summed E-state index contributed by atoms with van der Waals surface area (Å²) in [7, 11) is -0.370. The minimum Gasteiger partial charge on any atom is -0.399 e. The lowest BCUT2D eigenvalue weighted by Gasteiger charge is -2.32. The van der Waals surface area contributed by atoms with E-state index in [0.717, 1.165) is 11.0 Å². The molecule has 0 aromatic carbocycles. The minimum absolute atomic E-state index is 0.344. The van der Waals surface area contributed by atoms with Gasteiger partial charge in [0.05, 0.1) is 22.8 Å². The third-order valence-electron chi connectivity index (χ3n) is 4.27. The van der Waals surface area contributed by atoms with E-state index in [1.165, 1.54) is 0 Å². The van der Waals surface area contributed by atoms with Crippen LogP contribution in [0.15, 0.2) is 30.6 Å². The second kappa shape index (κ2) is 4.11. The van der Waals surface area contributed by atoms with Gasteiger partial charge in [0, 0.05) is 23.4 Å². The minimum atomic E-state index is -0.370. The SMILES string of the molecule is CC1(C)OB(c2cc3cc(C#N)ccn3c2)OC1(C)C. The molecule has 0 unspecified atom stereocenters. The Morgan fingerprint density at radius 1 is 1.15 bits per heavy atom. The Morgan fingerprint density at radius 3 is 2.40 bits per heavy atom. The average molecular weight is 268 g/mol. The van der Waals surface area contributed by atoms with Crippen LogP contribution in [-0.4, -0.2) is 22.7 Å². The van der Waals surface area contributed by atoms with Gasteiger partial charge in [-0.1, -0.05) is 0 Å². The topological polar surface area (TPSA) is 46.7 Å². The summed E-state index contributed by atoms with van der Waals surface area (Å²) in [5, 5.41) is 8.94. The normalized spacial score (nSPS) is 20.2. The van der Waals surface area contributed by atoms with Crippen molar-refractivity contribution in [1.29, 1.82) is 5.26 Å². The van der Waals surface area contributed by atoms with Gasteiger partial charge in [-0.05, 0) is 45.9 Å². The summed E-state index contributed by atoms with van der Waals surface area (Å²) in [6.07, 6.45) is 3.86. The van der Waals surface area contributed by atoms with Gasteiger partial charge in [-0.15, -0.1) is 0 Å². The lowest BCUT2D eigenvalue weighted by molar-refractivity contribution is 0.00578. The Balaban J connectivity index is 1.98. The number of hydrogen-bond acceptors (Lipinski definition) is 3. The summed E-state index contributed by atoms with van der Waals surface area (Å²) < 4.78 is 14.0. The molecule has 0 aliphatic carbocycles.